The average Bonchev–Trinajstić information content (AvgIpc) is 3.17. The minimum absolute atomic E-state index is 0.319. The second-order valence-electron chi connectivity index (χ2n) is 4.96. The van der Waals surface area contributed by atoms with Crippen molar-refractivity contribution in [2.45, 2.75) is 25.2 Å². The second-order valence-corrected chi connectivity index (χ2v) is 4.96. The third kappa shape index (κ3) is 2.37. The lowest BCUT2D eigenvalue weighted by molar-refractivity contribution is -0.144. The molecule has 0 spiro atoms. The lowest BCUT2D eigenvalue weighted by atomic mass is 10.1. The molecule has 1 aliphatic carbocycles. The van der Waals surface area contributed by atoms with Crippen LogP contribution in [0, 0.1) is 0 Å². The van der Waals surface area contributed by atoms with Crippen LogP contribution in [0.1, 0.15) is 25.7 Å². The van der Waals surface area contributed by atoms with E-state index in [0.29, 0.717) is 31.2 Å². The molecule has 1 aromatic heterocycles. The van der Waals surface area contributed by atoms with E-state index in [1.165, 1.54) is 7.11 Å². The highest BCUT2D eigenvalue weighted by molar-refractivity contribution is 5.85. The Bertz CT molecular complexity index is 661. The molecule has 6 nitrogen and oxygen atoms in total. The molecule has 0 amide bonds. The number of methoxy groups -OCH3 is 1. The van der Waals surface area contributed by atoms with E-state index in [9.17, 15) is 4.79 Å². The van der Waals surface area contributed by atoms with Gasteiger partial charge in [0, 0.05) is 5.56 Å². The van der Waals surface area contributed by atoms with Crippen molar-refractivity contribution in [1.29, 1.82) is 0 Å². The molecule has 1 fully saturated rings. The average molecular weight is 288 g/mol. The Balaban J connectivity index is 1.89. The maximum absolute atomic E-state index is 11.8. The van der Waals surface area contributed by atoms with Crippen LogP contribution in [-0.4, -0.2) is 29.8 Å². The van der Waals surface area contributed by atoms with Crippen molar-refractivity contribution >= 4 is 5.97 Å². The maximum Gasteiger partial charge on any atom is 0.321 e. The molecule has 2 aromatic rings. The summed E-state index contributed by atoms with van der Waals surface area (Å²) in [4.78, 5) is 16.2. The Morgan fingerprint density at radius 2 is 2.24 bits per heavy atom. The molecule has 0 aliphatic heterocycles. The number of nitrogens with zero attached hydrogens (tertiary/aromatic N) is 2. The molecule has 0 N–H and O–H groups in total. The number of esters is 1. The highest BCUT2D eigenvalue weighted by Crippen LogP contribution is 2.48. The van der Waals surface area contributed by atoms with Gasteiger partial charge < -0.3 is 14.0 Å². The third-order valence-corrected chi connectivity index (χ3v) is 3.56. The molecule has 110 valence electrons. The van der Waals surface area contributed by atoms with Gasteiger partial charge in [-0.2, -0.15) is 4.98 Å². The third-order valence-electron chi connectivity index (χ3n) is 3.56. The topological polar surface area (TPSA) is 74.5 Å². The highest BCUT2D eigenvalue weighted by atomic mass is 16.5. The molecule has 1 heterocycles. The SMILES string of the molecule is CCOc1cccc(-c2noc(C3(C(=O)OC)CC3)n2)c1. The number of rotatable bonds is 5. The molecule has 1 saturated carbocycles. The predicted octanol–water partition coefficient (Wildman–Crippen LogP) is 2.34. The van der Waals surface area contributed by atoms with Gasteiger partial charge in [-0.05, 0) is 31.9 Å². The number of ether oxygens (including phenoxy) is 2. The molecule has 0 bridgehead atoms. The lowest BCUT2D eigenvalue weighted by Gasteiger charge is -2.06. The molecular formula is C15H16N2O4. The van der Waals surface area contributed by atoms with Crippen molar-refractivity contribution in [3.8, 4) is 17.1 Å². The fraction of sp³-hybridized carbons (Fsp3) is 0.400. The predicted molar refractivity (Wildman–Crippen MR) is 73.8 cm³/mol. The van der Waals surface area contributed by atoms with Crippen LogP contribution in [0.2, 0.25) is 0 Å². The molecule has 21 heavy (non-hydrogen) atoms. The molecule has 0 atom stereocenters. The van der Waals surface area contributed by atoms with Crippen LogP contribution in [0.4, 0.5) is 0 Å². The smallest absolute Gasteiger partial charge is 0.321 e. The summed E-state index contributed by atoms with van der Waals surface area (Å²) in [5.41, 5.74) is 0.0500. The standard InChI is InChI=1S/C15H16N2O4/c1-3-20-11-6-4-5-10(9-11)12-16-13(21-17-12)15(7-8-15)14(18)19-2/h4-6,9H,3,7-8H2,1-2H3. The summed E-state index contributed by atoms with van der Waals surface area (Å²) in [5.74, 6) is 1.20. The minimum Gasteiger partial charge on any atom is -0.494 e. The quantitative estimate of drug-likeness (QED) is 0.786. The first kappa shape index (κ1) is 13.6. The lowest BCUT2D eigenvalue weighted by Crippen LogP contribution is -2.22. The Morgan fingerprint density at radius 1 is 1.43 bits per heavy atom. The van der Waals surface area contributed by atoms with Crippen molar-refractivity contribution in [3.63, 3.8) is 0 Å². The second kappa shape index (κ2) is 5.20. The van der Waals surface area contributed by atoms with Gasteiger partial charge in [0.15, 0.2) is 0 Å². The van der Waals surface area contributed by atoms with Gasteiger partial charge >= 0.3 is 5.97 Å². The zero-order valence-electron chi connectivity index (χ0n) is 12.0. The van der Waals surface area contributed by atoms with E-state index >= 15 is 0 Å². The van der Waals surface area contributed by atoms with Gasteiger partial charge in [0.2, 0.25) is 11.7 Å². The highest BCUT2D eigenvalue weighted by Gasteiger charge is 2.57. The minimum atomic E-state index is -0.739. The molecule has 1 aliphatic rings. The van der Waals surface area contributed by atoms with Crippen LogP contribution in [0.15, 0.2) is 28.8 Å². The monoisotopic (exact) mass is 288 g/mol. The zero-order valence-corrected chi connectivity index (χ0v) is 12.0. The Labute approximate surface area is 122 Å². The Hall–Kier alpha value is -2.37. The van der Waals surface area contributed by atoms with Crippen LogP contribution in [0.3, 0.4) is 0 Å². The number of hydrogen-bond acceptors (Lipinski definition) is 6. The van der Waals surface area contributed by atoms with Gasteiger partial charge in [0.25, 0.3) is 0 Å². The van der Waals surface area contributed by atoms with Crippen LogP contribution in [0.25, 0.3) is 11.4 Å². The van der Waals surface area contributed by atoms with E-state index in [-0.39, 0.29) is 5.97 Å². The molecule has 3 rings (SSSR count). The Kier molecular flexibility index (Phi) is 3.37. The van der Waals surface area contributed by atoms with Crippen LogP contribution < -0.4 is 4.74 Å². The maximum atomic E-state index is 11.8. The van der Waals surface area contributed by atoms with Gasteiger partial charge in [-0.15, -0.1) is 0 Å². The van der Waals surface area contributed by atoms with E-state index in [1.54, 1.807) is 0 Å². The zero-order chi connectivity index (χ0) is 14.9. The van der Waals surface area contributed by atoms with Crippen LogP contribution in [0.5, 0.6) is 5.75 Å². The summed E-state index contributed by atoms with van der Waals surface area (Å²) in [6.07, 6.45) is 1.36. The molecular weight excluding hydrogens is 272 g/mol. The molecule has 0 radical (unpaired) electrons. The number of aromatic nitrogens is 2. The summed E-state index contributed by atoms with van der Waals surface area (Å²) >= 11 is 0. The summed E-state index contributed by atoms with van der Waals surface area (Å²) < 4.78 is 15.5. The molecule has 1 aromatic carbocycles. The first-order valence-electron chi connectivity index (χ1n) is 6.85. The van der Waals surface area contributed by atoms with Crippen molar-refractivity contribution in [1.82, 2.24) is 10.1 Å². The van der Waals surface area contributed by atoms with Gasteiger partial charge in [-0.25, -0.2) is 0 Å². The van der Waals surface area contributed by atoms with Gasteiger partial charge in [0.05, 0.1) is 13.7 Å². The summed E-state index contributed by atoms with van der Waals surface area (Å²) in [6.45, 7) is 2.51. The molecule has 0 unspecified atom stereocenters. The van der Waals surface area contributed by atoms with E-state index in [4.69, 9.17) is 14.0 Å². The fourth-order valence-electron chi connectivity index (χ4n) is 2.25. The van der Waals surface area contributed by atoms with Gasteiger partial charge in [-0.3, -0.25) is 4.79 Å². The first-order valence-corrected chi connectivity index (χ1v) is 6.85. The van der Waals surface area contributed by atoms with E-state index < -0.39 is 5.41 Å². The molecule has 0 saturated heterocycles. The van der Waals surface area contributed by atoms with Crippen molar-refractivity contribution in [2.75, 3.05) is 13.7 Å². The van der Waals surface area contributed by atoms with Gasteiger partial charge in [-0.1, -0.05) is 17.3 Å². The van der Waals surface area contributed by atoms with E-state index in [2.05, 4.69) is 10.1 Å². The van der Waals surface area contributed by atoms with E-state index in [0.717, 1.165) is 11.3 Å². The van der Waals surface area contributed by atoms with Crippen molar-refractivity contribution in [3.05, 3.63) is 30.2 Å². The number of hydrogen-bond donors (Lipinski definition) is 0. The summed E-state index contributed by atoms with van der Waals surface area (Å²) in [5, 5.41) is 3.96. The van der Waals surface area contributed by atoms with Crippen molar-refractivity contribution < 1.29 is 18.8 Å². The van der Waals surface area contributed by atoms with Crippen LogP contribution in [-0.2, 0) is 14.9 Å². The number of benzene rings is 1. The Morgan fingerprint density at radius 3 is 2.90 bits per heavy atom. The number of carbonyl (C=O) groups excluding carboxylic acids is 1. The van der Waals surface area contributed by atoms with E-state index in [1.807, 2.05) is 31.2 Å². The van der Waals surface area contributed by atoms with Crippen molar-refractivity contribution in [2.24, 2.45) is 0 Å². The summed E-state index contributed by atoms with van der Waals surface area (Å²) in [7, 11) is 1.37. The normalized spacial score (nSPS) is 15.5. The fourth-order valence-corrected chi connectivity index (χ4v) is 2.25. The molecule has 6 heteroatoms. The number of carbonyl (C=O) groups is 1. The van der Waals surface area contributed by atoms with Crippen LogP contribution >= 0.6 is 0 Å². The first-order chi connectivity index (χ1) is 10.2. The largest absolute Gasteiger partial charge is 0.494 e. The summed E-state index contributed by atoms with van der Waals surface area (Å²) in [6, 6.07) is 7.44. The van der Waals surface area contributed by atoms with Gasteiger partial charge in [0.1, 0.15) is 11.2 Å².